The van der Waals surface area contributed by atoms with Gasteiger partial charge in [-0.15, -0.1) is 0 Å². The van der Waals surface area contributed by atoms with Crippen LogP contribution in [0.2, 0.25) is 0 Å². The third kappa shape index (κ3) is 4.51. The number of halogens is 4. The van der Waals surface area contributed by atoms with Crippen molar-refractivity contribution in [3.63, 3.8) is 0 Å². The molecule has 7 heteroatoms. The largest absolute Gasteiger partial charge is 0.494 e. The number of nitrogens with zero attached hydrogens (tertiary/aromatic N) is 1. The minimum atomic E-state index is -4.51. The van der Waals surface area contributed by atoms with Crippen LogP contribution in [-0.4, -0.2) is 17.9 Å². The molecule has 1 aromatic heterocycles. The van der Waals surface area contributed by atoms with Gasteiger partial charge >= 0.3 is 6.18 Å². The number of alkyl halides is 3. The molecule has 1 heterocycles. The Labute approximate surface area is 129 Å². The minimum Gasteiger partial charge on any atom is -0.494 e. The number of ketones is 1. The molecule has 23 heavy (non-hydrogen) atoms. The van der Waals surface area contributed by atoms with Gasteiger partial charge in [0.1, 0.15) is 11.5 Å². The highest BCUT2D eigenvalue weighted by Gasteiger charge is 2.32. The summed E-state index contributed by atoms with van der Waals surface area (Å²) in [6.07, 6.45) is -3.50. The fraction of sp³-hybridized carbons (Fsp3) is 0.250. The average molecular weight is 327 g/mol. The molecule has 0 aliphatic heterocycles. The summed E-state index contributed by atoms with van der Waals surface area (Å²) in [7, 11) is 1.32. The minimum absolute atomic E-state index is 0.0255. The van der Waals surface area contributed by atoms with E-state index in [0.29, 0.717) is 11.1 Å². The number of benzene rings is 1. The lowest BCUT2D eigenvalue weighted by Crippen LogP contribution is -2.10. The summed E-state index contributed by atoms with van der Waals surface area (Å²) in [5.74, 6) is -0.720. The van der Waals surface area contributed by atoms with Crippen molar-refractivity contribution in [2.75, 3.05) is 7.11 Å². The first-order valence-electron chi connectivity index (χ1n) is 6.66. The molecule has 0 amide bonds. The second-order valence-corrected chi connectivity index (χ2v) is 4.91. The predicted octanol–water partition coefficient (Wildman–Crippen LogP) is 3.60. The SMILES string of the molecule is COc1cc(CC(=O)Cc2ccc(C(F)(F)F)nc2)ccc1F. The molecule has 3 nitrogen and oxygen atoms in total. The van der Waals surface area contributed by atoms with Crippen LogP contribution in [0.25, 0.3) is 0 Å². The number of hydrogen-bond donors (Lipinski definition) is 0. The number of aromatic nitrogens is 1. The van der Waals surface area contributed by atoms with Crippen molar-refractivity contribution in [3.05, 3.63) is 59.2 Å². The number of ether oxygens (including phenoxy) is 1. The van der Waals surface area contributed by atoms with Crippen molar-refractivity contribution in [2.24, 2.45) is 0 Å². The number of carbonyl (C=O) groups excluding carboxylic acids is 1. The van der Waals surface area contributed by atoms with Gasteiger partial charge in [0.25, 0.3) is 0 Å². The smallest absolute Gasteiger partial charge is 0.433 e. The molecule has 122 valence electrons. The first-order valence-corrected chi connectivity index (χ1v) is 6.66. The summed E-state index contributed by atoms with van der Waals surface area (Å²) in [6, 6.07) is 6.13. The fourth-order valence-electron chi connectivity index (χ4n) is 2.03. The molecule has 2 aromatic rings. The van der Waals surface area contributed by atoms with Gasteiger partial charge in [-0.2, -0.15) is 13.2 Å². The number of Topliss-reactive ketones (excluding diaryl/α,β-unsaturated/α-hetero) is 1. The number of carbonyl (C=O) groups is 1. The maximum atomic E-state index is 13.3. The number of pyridine rings is 1. The lowest BCUT2D eigenvalue weighted by molar-refractivity contribution is -0.141. The van der Waals surface area contributed by atoms with Gasteiger partial charge < -0.3 is 4.74 Å². The molecule has 0 bridgehead atoms. The maximum absolute atomic E-state index is 13.3. The third-order valence-corrected chi connectivity index (χ3v) is 3.13. The lowest BCUT2D eigenvalue weighted by atomic mass is 10.0. The zero-order valence-electron chi connectivity index (χ0n) is 12.2. The van der Waals surface area contributed by atoms with Crippen LogP contribution in [0.1, 0.15) is 16.8 Å². The summed E-state index contributed by atoms with van der Waals surface area (Å²) >= 11 is 0. The summed E-state index contributed by atoms with van der Waals surface area (Å²) in [5.41, 5.74) is -0.0535. The maximum Gasteiger partial charge on any atom is 0.433 e. The molecule has 0 unspecified atom stereocenters. The number of rotatable bonds is 5. The van der Waals surface area contributed by atoms with E-state index in [2.05, 4.69) is 4.98 Å². The van der Waals surface area contributed by atoms with E-state index in [1.807, 2.05) is 0 Å². The highest BCUT2D eigenvalue weighted by Crippen LogP contribution is 2.27. The zero-order valence-corrected chi connectivity index (χ0v) is 12.2. The monoisotopic (exact) mass is 327 g/mol. The highest BCUT2D eigenvalue weighted by molar-refractivity contribution is 5.83. The summed E-state index contributed by atoms with van der Waals surface area (Å²) in [4.78, 5) is 15.3. The van der Waals surface area contributed by atoms with Gasteiger partial charge in [0.05, 0.1) is 7.11 Å². The summed E-state index contributed by atoms with van der Waals surface area (Å²) in [5, 5.41) is 0. The Kier molecular flexibility index (Phi) is 4.98. The fourth-order valence-corrected chi connectivity index (χ4v) is 2.03. The summed E-state index contributed by atoms with van der Waals surface area (Å²) < 4.78 is 55.3. The van der Waals surface area contributed by atoms with E-state index in [-0.39, 0.29) is 24.4 Å². The normalized spacial score (nSPS) is 11.3. The number of methoxy groups -OCH3 is 1. The van der Waals surface area contributed by atoms with Gasteiger partial charge in [0.2, 0.25) is 0 Å². The first kappa shape index (κ1) is 16.9. The molecule has 0 saturated carbocycles. The predicted molar refractivity (Wildman–Crippen MR) is 74.6 cm³/mol. The van der Waals surface area contributed by atoms with E-state index in [0.717, 1.165) is 12.3 Å². The van der Waals surface area contributed by atoms with Gasteiger partial charge in [0, 0.05) is 19.0 Å². The van der Waals surface area contributed by atoms with Crippen LogP contribution in [-0.2, 0) is 23.8 Å². The van der Waals surface area contributed by atoms with Crippen LogP contribution in [0, 0.1) is 5.82 Å². The summed E-state index contributed by atoms with van der Waals surface area (Å²) in [6.45, 7) is 0. The molecule has 0 spiro atoms. The van der Waals surface area contributed by atoms with Crippen molar-refractivity contribution < 1.29 is 27.1 Å². The Balaban J connectivity index is 2.02. The molecular formula is C16H13F4NO2. The topological polar surface area (TPSA) is 39.2 Å². The molecular weight excluding hydrogens is 314 g/mol. The standard InChI is InChI=1S/C16H13F4NO2/c1-23-14-8-10(2-4-13(14)17)6-12(22)7-11-3-5-15(21-9-11)16(18,19)20/h2-5,8-9H,6-7H2,1H3. The van der Waals surface area contributed by atoms with Gasteiger partial charge in [-0.05, 0) is 29.3 Å². The Morgan fingerprint density at radius 1 is 1.13 bits per heavy atom. The van der Waals surface area contributed by atoms with E-state index in [1.165, 1.54) is 31.4 Å². The Bertz CT molecular complexity index is 696. The number of hydrogen-bond acceptors (Lipinski definition) is 3. The van der Waals surface area contributed by atoms with E-state index < -0.39 is 17.7 Å². The zero-order chi connectivity index (χ0) is 17.0. The van der Waals surface area contributed by atoms with E-state index in [4.69, 9.17) is 4.74 Å². The second kappa shape index (κ2) is 6.76. The van der Waals surface area contributed by atoms with Crippen LogP contribution < -0.4 is 4.74 Å². The van der Waals surface area contributed by atoms with Gasteiger partial charge in [-0.1, -0.05) is 12.1 Å². The van der Waals surface area contributed by atoms with Crippen molar-refractivity contribution in [1.29, 1.82) is 0 Å². The van der Waals surface area contributed by atoms with E-state index >= 15 is 0 Å². The molecule has 0 aliphatic carbocycles. The highest BCUT2D eigenvalue weighted by atomic mass is 19.4. The molecule has 1 aromatic carbocycles. The van der Waals surface area contributed by atoms with Crippen LogP contribution in [0.3, 0.4) is 0 Å². The Morgan fingerprint density at radius 3 is 2.35 bits per heavy atom. The molecule has 0 aliphatic rings. The second-order valence-electron chi connectivity index (χ2n) is 4.91. The van der Waals surface area contributed by atoms with Crippen molar-refractivity contribution >= 4 is 5.78 Å². The van der Waals surface area contributed by atoms with Crippen molar-refractivity contribution in [3.8, 4) is 5.75 Å². The Hall–Kier alpha value is -2.44. The first-order chi connectivity index (χ1) is 10.8. The van der Waals surface area contributed by atoms with Gasteiger partial charge in [-0.3, -0.25) is 9.78 Å². The molecule has 0 N–H and O–H groups in total. The van der Waals surface area contributed by atoms with Gasteiger partial charge in [0.15, 0.2) is 11.6 Å². The van der Waals surface area contributed by atoms with Gasteiger partial charge in [-0.25, -0.2) is 4.39 Å². The third-order valence-electron chi connectivity index (χ3n) is 3.13. The van der Waals surface area contributed by atoms with Crippen LogP contribution in [0.4, 0.5) is 17.6 Å². The lowest BCUT2D eigenvalue weighted by Gasteiger charge is -2.07. The molecule has 2 rings (SSSR count). The Morgan fingerprint density at radius 2 is 1.78 bits per heavy atom. The van der Waals surface area contributed by atoms with Crippen molar-refractivity contribution in [2.45, 2.75) is 19.0 Å². The average Bonchev–Trinajstić information content (AvgIpc) is 2.48. The van der Waals surface area contributed by atoms with Crippen LogP contribution in [0.5, 0.6) is 5.75 Å². The van der Waals surface area contributed by atoms with E-state index in [1.54, 1.807) is 0 Å². The van der Waals surface area contributed by atoms with Crippen LogP contribution >= 0.6 is 0 Å². The molecule has 0 saturated heterocycles. The quantitative estimate of drug-likeness (QED) is 0.788. The molecule has 0 fully saturated rings. The van der Waals surface area contributed by atoms with E-state index in [9.17, 15) is 22.4 Å². The van der Waals surface area contributed by atoms with Crippen molar-refractivity contribution in [1.82, 2.24) is 4.98 Å². The van der Waals surface area contributed by atoms with Crippen LogP contribution in [0.15, 0.2) is 36.5 Å². The molecule has 0 atom stereocenters. The molecule has 0 radical (unpaired) electrons.